The molecule has 0 atom stereocenters. The van der Waals surface area contributed by atoms with E-state index in [9.17, 15) is 17.6 Å². The lowest BCUT2D eigenvalue weighted by molar-refractivity contribution is 0.492. The highest BCUT2D eigenvalue weighted by atomic mass is 19.2. The summed E-state index contributed by atoms with van der Waals surface area (Å²) < 4.78 is 53.1. The first-order chi connectivity index (χ1) is 12.1. The third-order valence-corrected chi connectivity index (χ3v) is 4.46. The Morgan fingerprint density at radius 3 is 1.24 bits per heavy atom. The van der Waals surface area contributed by atoms with Crippen molar-refractivity contribution in [1.82, 2.24) is 0 Å². The minimum Gasteiger partial charge on any atom is -0.204 e. The summed E-state index contributed by atoms with van der Waals surface area (Å²) in [5, 5.41) is 0. The highest BCUT2D eigenvalue weighted by Crippen LogP contribution is 2.17. The topological polar surface area (TPSA) is 0 Å². The second kappa shape index (κ2) is 10.2. The number of unbranched alkanes of at least 4 members (excludes halogenated alkanes) is 6. The molecule has 0 amide bonds. The van der Waals surface area contributed by atoms with Crippen LogP contribution in [-0.2, 0) is 12.8 Å². The predicted octanol–water partition coefficient (Wildman–Crippen LogP) is 6.76. The van der Waals surface area contributed by atoms with E-state index in [2.05, 4.69) is 0 Å². The Kier molecular flexibility index (Phi) is 7.96. The van der Waals surface area contributed by atoms with Crippen molar-refractivity contribution in [3.63, 3.8) is 0 Å². The molecule has 0 nitrogen and oxygen atoms in total. The van der Waals surface area contributed by atoms with Crippen LogP contribution in [0.3, 0.4) is 0 Å². The zero-order valence-corrected chi connectivity index (χ0v) is 14.3. The fourth-order valence-electron chi connectivity index (χ4n) is 3.00. The first-order valence-electron chi connectivity index (χ1n) is 8.95. The van der Waals surface area contributed by atoms with E-state index >= 15 is 0 Å². The van der Waals surface area contributed by atoms with Gasteiger partial charge in [-0.15, -0.1) is 0 Å². The molecule has 0 saturated carbocycles. The third kappa shape index (κ3) is 6.18. The maximum absolute atomic E-state index is 13.5. The van der Waals surface area contributed by atoms with Crippen LogP contribution >= 0.6 is 0 Å². The molecule has 0 unspecified atom stereocenters. The molecule has 0 radical (unpaired) electrons. The molecule has 0 fully saturated rings. The fourth-order valence-corrected chi connectivity index (χ4v) is 3.00. The Bertz CT molecular complexity index is 609. The largest absolute Gasteiger partial charge is 0.204 e. The van der Waals surface area contributed by atoms with Crippen LogP contribution in [0, 0.1) is 23.3 Å². The zero-order chi connectivity index (χ0) is 18.1. The van der Waals surface area contributed by atoms with Crippen LogP contribution in [-0.4, -0.2) is 0 Å². The van der Waals surface area contributed by atoms with Gasteiger partial charge < -0.3 is 0 Å². The van der Waals surface area contributed by atoms with Crippen LogP contribution in [0.5, 0.6) is 0 Å². The van der Waals surface area contributed by atoms with Gasteiger partial charge in [0.15, 0.2) is 23.3 Å². The van der Waals surface area contributed by atoms with E-state index in [1.807, 2.05) is 0 Å². The van der Waals surface area contributed by atoms with Crippen molar-refractivity contribution < 1.29 is 17.6 Å². The first kappa shape index (κ1) is 19.5. The van der Waals surface area contributed by atoms with Crippen LogP contribution in [0.25, 0.3) is 0 Å². The van der Waals surface area contributed by atoms with Gasteiger partial charge in [-0.1, -0.05) is 56.4 Å². The van der Waals surface area contributed by atoms with Crippen LogP contribution in [0.1, 0.15) is 56.1 Å². The second-order valence-electron chi connectivity index (χ2n) is 6.40. The van der Waals surface area contributed by atoms with E-state index in [1.54, 1.807) is 12.1 Å². The maximum Gasteiger partial charge on any atom is 0.162 e. The molecule has 0 aliphatic carbocycles. The van der Waals surface area contributed by atoms with Crippen molar-refractivity contribution in [3.8, 4) is 0 Å². The lowest BCUT2D eigenvalue weighted by Gasteiger charge is -2.05. The van der Waals surface area contributed by atoms with Crippen molar-refractivity contribution in [3.05, 3.63) is 70.8 Å². The molecule has 0 heterocycles. The van der Waals surface area contributed by atoms with E-state index in [0.29, 0.717) is 24.0 Å². The molecular formula is C21H24F4. The predicted molar refractivity (Wildman–Crippen MR) is 92.4 cm³/mol. The van der Waals surface area contributed by atoms with Gasteiger partial charge in [0.1, 0.15) is 0 Å². The molecular weight excluding hydrogens is 328 g/mol. The number of rotatable bonds is 10. The molecule has 0 N–H and O–H groups in total. The summed E-state index contributed by atoms with van der Waals surface area (Å²) >= 11 is 0. The SMILES string of the molecule is Fc1cccc(CCCCCCCCCc2cccc(F)c2F)c1F. The molecule has 0 aliphatic rings. The number of hydrogen-bond acceptors (Lipinski definition) is 0. The second-order valence-corrected chi connectivity index (χ2v) is 6.40. The molecule has 2 rings (SSSR count). The number of halogens is 4. The van der Waals surface area contributed by atoms with Gasteiger partial charge in [0, 0.05) is 0 Å². The van der Waals surface area contributed by atoms with E-state index in [1.165, 1.54) is 12.1 Å². The minimum atomic E-state index is -0.785. The average Bonchev–Trinajstić information content (AvgIpc) is 2.60. The average molecular weight is 352 g/mol. The Labute approximate surface area is 146 Å². The number of hydrogen-bond donors (Lipinski definition) is 0. The van der Waals surface area contributed by atoms with Crippen LogP contribution < -0.4 is 0 Å². The van der Waals surface area contributed by atoms with Gasteiger partial charge >= 0.3 is 0 Å². The normalized spacial score (nSPS) is 11.0. The van der Waals surface area contributed by atoms with Gasteiger partial charge in [-0.3, -0.25) is 0 Å². The molecule has 0 aliphatic heterocycles. The van der Waals surface area contributed by atoms with E-state index < -0.39 is 23.3 Å². The smallest absolute Gasteiger partial charge is 0.162 e. The third-order valence-electron chi connectivity index (χ3n) is 4.46. The Hall–Kier alpha value is -1.84. The first-order valence-corrected chi connectivity index (χ1v) is 8.95. The van der Waals surface area contributed by atoms with Gasteiger partial charge in [0.2, 0.25) is 0 Å². The quantitative estimate of drug-likeness (QED) is 0.327. The highest BCUT2D eigenvalue weighted by molar-refractivity contribution is 5.19. The van der Waals surface area contributed by atoms with Crippen molar-refractivity contribution in [2.75, 3.05) is 0 Å². The van der Waals surface area contributed by atoms with Crippen molar-refractivity contribution in [2.45, 2.75) is 57.8 Å². The summed E-state index contributed by atoms with van der Waals surface area (Å²) in [6.45, 7) is 0. The fraction of sp³-hybridized carbons (Fsp3) is 0.429. The molecule has 2 aromatic rings. The lowest BCUT2D eigenvalue weighted by Crippen LogP contribution is -1.95. The molecule has 4 heteroatoms. The lowest BCUT2D eigenvalue weighted by atomic mass is 10.0. The molecule has 0 bridgehead atoms. The Morgan fingerprint density at radius 2 is 0.840 bits per heavy atom. The van der Waals surface area contributed by atoms with E-state index in [-0.39, 0.29) is 0 Å². The van der Waals surface area contributed by atoms with Crippen LogP contribution in [0.2, 0.25) is 0 Å². The van der Waals surface area contributed by atoms with Gasteiger partial charge in [-0.05, 0) is 48.9 Å². The standard InChI is InChI=1S/C21H24F4/c22-18-14-8-12-16(20(18)24)10-6-4-2-1-3-5-7-11-17-13-9-15-19(23)21(17)25/h8-9,12-15H,1-7,10-11H2. The van der Waals surface area contributed by atoms with Gasteiger partial charge in [0.25, 0.3) is 0 Å². The summed E-state index contributed by atoms with van der Waals surface area (Å²) in [5.74, 6) is -3.03. The number of aryl methyl sites for hydroxylation is 2. The highest BCUT2D eigenvalue weighted by Gasteiger charge is 2.07. The summed E-state index contributed by atoms with van der Waals surface area (Å²) in [4.78, 5) is 0. The Balaban J connectivity index is 1.52. The van der Waals surface area contributed by atoms with Crippen molar-refractivity contribution >= 4 is 0 Å². The maximum atomic E-state index is 13.5. The molecule has 136 valence electrons. The summed E-state index contributed by atoms with van der Waals surface area (Å²) in [5.41, 5.74) is 0.884. The Morgan fingerprint density at radius 1 is 0.480 bits per heavy atom. The van der Waals surface area contributed by atoms with E-state index in [4.69, 9.17) is 0 Å². The van der Waals surface area contributed by atoms with Gasteiger partial charge in [0.05, 0.1) is 0 Å². The number of benzene rings is 2. The van der Waals surface area contributed by atoms with E-state index in [0.717, 1.165) is 57.1 Å². The molecule has 25 heavy (non-hydrogen) atoms. The molecule has 2 aromatic carbocycles. The zero-order valence-electron chi connectivity index (χ0n) is 14.3. The molecule has 0 saturated heterocycles. The van der Waals surface area contributed by atoms with Crippen molar-refractivity contribution in [1.29, 1.82) is 0 Å². The summed E-state index contributed by atoms with van der Waals surface area (Å²) in [6.07, 6.45) is 7.92. The van der Waals surface area contributed by atoms with Crippen LogP contribution in [0.4, 0.5) is 17.6 Å². The summed E-state index contributed by atoms with van der Waals surface area (Å²) in [6, 6.07) is 8.60. The van der Waals surface area contributed by atoms with Gasteiger partial charge in [-0.2, -0.15) is 0 Å². The minimum absolute atomic E-state index is 0.442. The van der Waals surface area contributed by atoms with Crippen molar-refractivity contribution in [2.24, 2.45) is 0 Å². The van der Waals surface area contributed by atoms with Crippen LogP contribution in [0.15, 0.2) is 36.4 Å². The molecule has 0 spiro atoms. The monoisotopic (exact) mass is 352 g/mol. The molecule has 0 aromatic heterocycles. The van der Waals surface area contributed by atoms with Gasteiger partial charge in [-0.25, -0.2) is 17.6 Å². The summed E-state index contributed by atoms with van der Waals surface area (Å²) in [7, 11) is 0.